The summed E-state index contributed by atoms with van der Waals surface area (Å²) < 4.78 is 0. The first kappa shape index (κ1) is 12.1. The molecule has 1 N–H and O–H groups in total. The van der Waals surface area contributed by atoms with Gasteiger partial charge in [0.25, 0.3) is 0 Å². The number of pyridine rings is 1. The monoisotopic (exact) mass is 245 g/mol. The van der Waals surface area contributed by atoms with Crippen molar-refractivity contribution in [1.29, 1.82) is 0 Å². The number of aromatic nitrogens is 1. The Morgan fingerprint density at radius 3 is 2.53 bits per heavy atom. The Balaban J connectivity index is 2.26. The molecule has 2 aromatic rings. The van der Waals surface area contributed by atoms with Gasteiger partial charge in [0.05, 0.1) is 6.10 Å². The number of hydrogen-bond donors (Lipinski definition) is 1. The molecule has 1 aromatic heterocycles. The maximum absolute atomic E-state index is 9.67. The molecule has 2 rings (SSSR count). The van der Waals surface area contributed by atoms with E-state index in [0.29, 0.717) is 0 Å². The van der Waals surface area contributed by atoms with Gasteiger partial charge in [-0.3, -0.25) is 0 Å². The highest BCUT2D eigenvalue weighted by atomic mass is 32.2. The van der Waals surface area contributed by atoms with Crippen LogP contribution in [0.25, 0.3) is 0 Å². The van der Waals surface area contributed by atoms with E-state index in [4.69, 9.17) is 0 Å². The lowest BCUT2D eigenvalue weighted by molar-refractivity contribution is 0.195. The van der Waals surface area contributed by atoms with Crippen LogP contribution in [-0.4, -0.2) is 10.1 Å². The second-order valence-electron chi connectivity index (χ2n) is 3.99. The Labute approximate surface area is 106 Å². The largest absolute Gasteiger partial charge is 0.389 e. The maximum atomic E-state index is 9.67. The minimum Gasteiger partial charge on any atom is -0.389 e. The average molecular weight is 245 g/mol. The molecule has 1 atom stereocenters. The summed E-state index contributed by atoms with van der Waals surface area (Å²) in [7, 11) is 0. The number of aliphatic hydroxyl groups is 1. The van der Waals surface area contributed by atoms with Crippen LogP contribution >= 0.6 is 11.8 Å². The number of aliphatic hydroxyl groups excluding tert-OH is 1. The van der Waals surface area contributed by atoms with Crippen molar-refractivity contribution in [3.05, 3.63) is 53.7 Å². The normalized spacial score (nSPS) is 12.4. The van der Waals surface area contributed by atoms with E-state index in [0.717, 1.165) is 15.5 Å². The molecule has 0 fully saturated rings. The van der Waals surface area contributed by atoms with E-state index in [1.165, 1.54) is 5.56 Å². The summed E-state index contributed by atoms with van der Waals surface area (Å²) in [6.45, 7) is 3.83. The molecule has 0 spiro atoms. The first-order valence-electron chi connectivity index (χ1n) is 5.54. The fraction of sp³-hybridized carbons (Fsp3) is 0.214. The van der Waals surface area contributed by atoms with Crippen LogP contribution in [0.3, 0.4) is 0 Å². The Bertz CT molecular complexity index is 494. The smallest absolute Gasteiger partial charge is 0.106 e. The highest BCUT2D eigenvalue weighted by molar-refractivity contribution is 7.99. The first-order chi connectivity index (χ1) is 8.16. The van der Waals surface area contributed by atoms with Crippen LogP contribution in [0.1, 0.15) is 24.2 Å². The van der Waals surface area contributed by atoms with Crippen molar-refractivity contribution >= 4 is 11.8 Å². The van der Waals surface area contributed by atoms with E-state index in [1.54, 1.807) is 24.9 Å². The molecule has 17 heavy (non-hydrogen) atoms. The zero-order valence-electron chi connectivity index (χ0n) is 9.92. The van der Waals surface area contributed by atoms with Crippen molar-refractivity contribution in [3.8, 4) is 0 Å². The lowest BCUT2D eigenvalue weighted by Gasteiger charge is -2.10. The lowest BCUT2D eigenvalue weighted by Crippen LogP contribution is -1.95. The summed E-state index contributed by atoms with van der Waals surface area (Å²) in [6.07, 6.45) is 1.26. The summed E-state index contributed by atoms with van der Waals surface area (Å²) in [5, 5.41) is 10.5. The molecule has 88 valence electrons. The van der Waals surface area contributed by atoms with E-state index in [2.05, 4.69) is 36.2 Å². The van der Waals surface area contributed by atoms with Gasteiger partial charge in [-0.1, -0.05) is 35.5 Å². The van der Waals surface area contributed by atoms with Crippen LogP contribution < -0.4 is 0 Å². The molecule has 3 heteroatoms. The Kier molecular flexibility index (Phi) is 3.82. The number of hydrogen-bond acceptors (Lipinski definition) is 3. The van der Waals surface area contributed by atoms with Crippen LogP contribution in [0, 0.1) is 6.92 Å². The van der Waals surface area contributed by atoms with E-state index >= 15 is 0 Å². The van der Waals surface area contributed by atoms with Crippen LogP contribution in [-0.2, 0) is 0 Å². The molecule has 2 nitrogen and oxygen atoms in total. The summed E-state index contributed by atoms with van der Waals surface area (Å²) in [6, 6.07) is 12.1. The average Bonchev–Trinajstić information content (AvgIpc) is 2.32. The highest BCUT2D eigenvalue weighted by Gasteiger charge is 2.09. The van der Waals surface area contributed by atoms with Gasteiger partial charge in [0.15, 0.2) is 0 Å². The molecule has 0 aliphatic heterocycles. The first-order valence-corrected chi connectivity index (χ1v) is 6.36. The third kappa shape index (κ3) is 3.08. The van der Waals surface area contributed by atoms with E-state index in [9.17, 15) is 5.11 Å². The Hall–Kier alpha value is -1.32. The number of aryl methyl sites for hydroxylation is 1. The van der Waals surface area contributed by atoms with Crippen molar-refractivity contribution in [1.82, 2.24) is 4.98 Å². The quantitative estimate of drug-likeness (QED) is 0.897. The zero-order chi connectivity index (χ0) is 12.3. The van der Waals surface area contributed by atoms with Crippen LogP contribution in [0.5, 0.6) is 0 Å². The third-order valence-corrected chi connectivity index (χ3v) is 3.53. The van der Waals surface area contributed by atoms with Gasteiger partial charge in [-0.15, -0.1) is 0 Å². The molecule has 0 saturated heterocycles. The zero-order valence-corrected chi connectivity index (χ0v) is 10.7. The molecule has 1 heterocycles. The van der Waals surface area contributed by atoms with Gasteiger partial charge in [-0.05, 0) is 32.0 Å². The third-order valence-electron chi connectivity index (χ3n) is 2.49. The van der Waals surface area contributed by atoms with Crippen molar-refractivity contribution in [2.24, 2.45) is 0 Å². The summed E-state index contributed by atoms with van der Waals surface area (Å²) in [5.41, 5.74) is 2.11. The Morgan fingerprint density at radius 2 is 1.88 bits per heavy atom. The number of nitrogens with zero attached hydrogens (tertiary/aromatic N) is 1. The molecule has 0 bridgehead atoms. The van der Waals surface area contributed by atoms with Crippen molar-refractivity contribution < 1.29 is 5.11 Å². The molecule has 1 aromatic carbocycles. The molecule has 0 radical (unpaired) electrons. The standard InChI is InChI=1S/C14H15NOS/c1-10-5-7-12(8-6-10)17-14-13(11(2)16)4-3-9-15-14/h3-9,11,16H,1-2H3/t11-/m1/s1. The van der Waals surface area contributed by atoms with Crippen molar-refractivity contribution in [2.45, 2.75) is 29.9 Å². The van der Waals surface area contributed by atoms with Gasteiger partial charge in [-0.2, -0.15) is 0 Å². The molecule has 0 aliphatic rings. The highest BCUT2D eigenvalue weighted by Crippen LogP contribution is 2.31. The van der Waals surface area contributed by atoms with Crippen molar-refractivity contribution in [2.75, 3.05) is 0 Å². The van der Waals surface area contributed by atoms with Crippen LogP contribution in [0.15, 0.2) is 52.5 Å². The molecular weight excluding hydrogens is 230 g/mol. The summed E-state index contributed by atoms with van der Waals surface area (Å²) >= 11 is 1.58. The van der Waals surface area contributed by atoms with Crippen molar-refractivity contribution in [3.63, 3.8) is 0 Å². The van der Waals surface area contributed by atoms with Gasteiger partial charge in [0.2, 0.25) is 0 Å². The van der Waals surface area contributed by atoms with E-state index in [1.807, 2.05) is 12.1 Å². The Morgan fingerprint density at radius 1 is 1.18 bits per heavy atom. The SMILES string of the molecule is Cc1ccc(Sc2ncccc2[C@@H](C)O)cc1. The number of rotatable bonds is 3. The molecular formula is C14H15NOS. The predicted octanol–water partition coefficient (Wildman–Crippen LogP) is 3.59. The van der Waals surface area contributed by atoms with Crippen LogP contribution in [0.2, 0.25) is 0 Å². The molecule has 0 amide bonds. The van der Waals surface area contributed by atoms with Gasteiger partial charge in [0, 0.05) is 16.7 Å². The van der Waals surface area contributed by atoms with Gasteiger partial charge >= 0.3 is 0 Å². The number of benzene rings is 1. The van der Waals surface area contributed by atoms with Crippen LogP contribution in [0.4, 0.5) is 0 Å². The van der Waals surface area contributed by atoms with E-state index < -0.39 is 6.10 Å². The molecule has 0 saturated carbocycles. The predicted molar refractivity (Wildman–Crippen MR) is 70.2 cm³/mol. The second-order valence-corrected chi connectivity index (χ2v) is 5.05. The topological polar surface area (TPSA) is 33.1 Å². The molecule has 0 aliphatic carbocycles. The fourth-order valence-corrected chi connectivity index (χ4v) is 2.49. The fourth-order valence-electron chi connectivity index (χ4n) is 1.52. The maximum Gasteiger partial charge on any atom is 0.106 e. The summed E-state index contributed by atoms with van der Waals surface area (Å²) in [5.74, 6) is 0. The van der Waals surface area contributed by atoms with Gasteiger partial charge in [0.1, 0.15) is 5.03 Å². The lowest BCUT2D eigenvalue weighted by atomic mass is 10.2. The molecule has 0 unspecified atom stereocenters. The minimum absolute atomic E-state index is 0.489. The van der Waals surface area contributed by atoms with Gasteiger partial charge < -0.3 is 5.11 Å². The van der Waals surface area contributed by atoms with Gasteiger partial charge in [-0.25, -0.2) is 4.98 Å². The second kappa shape index (κ2) is 5.34. The van der Waals surface area contributed by atoms with E-state index in [-0.39, 0.29) is 0 Å². The minimum atomic E-state index is -0.489. The summed E-state index contributed by atoms with van der Waals surface area (Å²) in [4.78, 5) is 5.46.